The lowest BCUT2D eigenvalue weighted by Crippen LogP contribution is -2.51. The van der Waals surface area contributed by atoms with Gasteiger partial charge in [-0.15, -0.1) is 0 Å². The maximum Gasteiger partial charge on any atom is 0.255 e. The Hall–Kier alpha value is -1.66. The van der Waals surface area contributed by atoms with E-state index in [0.29, 0.717) is 25.9 Å². The molecule has 7 heteroatoms. The second kappa shape index (κ2) is 7.94. The molecule has 0 aromatic heterocycles. The van der Waals surface area contributed by atoms with Crippen molar-refractivity contribution >= 4 is 23.4 Å². The Balaban J connectivity index is 2.15. The number of carbonyl (C=O) groups excluding carboxylic acids is 2. The molecule has 0 saturated carbocycles. The molecule has 1 fully saturated rings. The van der Waals surface area contributed by atoms with Gasteiger partial charge < -0.3 is 15.0 Å². The maximum absolute atomic E-state index is 13.6. The number of benzene rings is 1. The number of piperidine rings is 1. The molecule has 1 aromatic carbocycles. The summed E-state index contributed by atoms with van der Waals surface area (Å²) >= 11 is 5.93. The smallest absolute Gasteiger partial charge is 0.255 e. The fraction of sp³-hybridized carbons (Fsp3) is 0.529. The highest BCUT2D eigenvalue weighted by Crippen LogP contribution is 2.31. The summed E-state index contributed by atoms with van der Waals surface area (Å²) in [6.45, 7) is 0.906. The lowest BCUT2D eigenvalue weighted by atomic mass is 9.87. The van der Waals surface area contributed by atoms with E-state index in [0.717, 1.165) is 12.8 Å². The number of likely N-dealkylation sites (tertiary alicyclic amines) is 1. The molecule has 1 heterocycles. The molecule has 0 spiro atoms. The van der Waals surface area contributed by atoms with Crippen molar-refractivity contribution in [1.82, 2.24) is 10.2 Å². The van der Waals surface area contributed by atoms with E-state index in [4.69, 9.17) is 16.3 Å². The molecule has 1 saturated heterocycles. The van der Waals surface area contributed by atoms with Crippen LogP contribution in [-0.4, -0.2) is 49.6 Å². The first-order chi connectivity index (χ1) is 11.4. The number of nitrogens with zero attached hydrogens (tertiary/aromatic N) is 1. The zero-order valence-electron chi connectivity index (χ0n) is 13.9. The minimum Gasteiger partial charge on any atom is -0.376 e. The van der Waals surface area contributed by atoms with Gasteiger partial charge in [0.25, 0.3) is 5.91 Å². The van der Waals surface area contributed by atoms with Crippen LogP contribution in [0, 0.1) is 5.82 Å². The molecule has 24 heavy (non-hydrogen) atoms. The van der Waals surface area contributed by atoms with Gasteiger partial charge in [-0.25, -0.2) is 4.39 Å². The van der Waals surface area contributed by atoms with Crippen LogP contribution in [0.15, 0.2) is 18.2 Å². The Labute approximate surface area is 146 Å². The number of halogens is 2. The summed E-state index contributed by atoms with van der Waals surface area (Å²) in [4.78, 5) is 25.9. The molecular weight excluding hydrogens is 335 g/mol. The first-order valence-electron chi connectivity index (χ1n) is 7.91. The number of ether oxygens (including phenoxy) is 1. The summed E-state index contributed by atoms with van der Waals surface area (Å²) in [6.07, 6.45) is 2.36. The first kappa shape index (κ1) is 18.7. The number of nitrogens with one attached hydrogen (secondary N) is 1. The highest BCUT2D eigenvalue weighted by Gasteiger charge is 2.38. The van der Waals surface area contributed by atoms with Gasteiger partial charge in [-0.3, -0.25) is 9.59 Å². The molecule has 0 unspecified atom stereocenters. The van der Waals surface area contributed by atoms with Gasteiger partial charge in [0.15, 0.2) is 0 Å². The van der Waals surface area contributed by atoms with E-state index in [-0.39, 0.29) is 22.4 Å². The fourth-order valence-electron chi connectivity index (χ4n) is 3.05. The second-order valence-corrected chi connectivity index (χ2v) is 6.37. The quantitative estimate of drug-likeness (QED) is 0.882. The van der Waals surface area contributed by atoms with E-state index >= 15 is 0 Å². The van der Waals surface area contributed by atoms with Crippen LogP contribution in [0.5, 0.6) is 0 Å². The minimum absolute atomic E-state index is 0.0666. The molecule has 1 atom stereocenters. The normalized spacial score (nSPS) is 20.8. The number of carbonyl (C=O) groups is 2. The second-order valence-electron chi connectivity index (χ2n) is 5.99. The number of amides is 2. The van der Waals surface area contributed by atoms with Crippen LogP contribution in [0.3, 0.4) is 0 Å². The van der Waals surface area contributed by atoms with Crippen molar-refractivity contribution in [3.63, 3.8) is 0 Å². The molecule has 0 bridgehead atoms. The molecule has 1 aliphatic rings. The van der Waals surface area contributed by atoms with Gasteiger partial charge >= 0.3 is 0 Å². The van der Waals surface area contributed by atoms with Gasteiger partial charge in [-0.1, -0.05) is 17.7 Å². The molecule has 2 amide bonds. The van der Waals surface area contributed by atoms with Gasteiger partial charge in [0.1, 0.15) is 5.82 Å². The molecule has 0 radical (unpaired) electrons. The van der Waals surface area contributed by atoms with Crippen LogP contribution in [0.2, 0.25) is 5.02 Å². The van der Waals surface area contributed by atoms with Gasteiger partial charge in [0.05, 0.1) is 16.2 Å². The average molecular weight is 357 g/mol. The van der Waals surface area contributed by atoms with Crippen molar-refractivity contribution in [2.24, 2.45) is 0 Å². The average Bonchev–Trinajstić information content (AvgIpc) is 2.61. The van der Waals surface area contributed by atoms with E-state index in [1.807, 2.05) is 0 Å². The zero-order chi connectivity index (χ0) is 17.7. The SMILES string of the molecule is CNC(=O)CC[C@]1(OC)CCCN(C(=O)c2cccc(F)c2Cl)C1. The highest BCUT2D eigenvalue weighted by atomic mass is 35.5. The van der Waals surface area contributed by atoms with E-state index in [1.54, 1.807) is 19.1 Å². The van der Waals surface area contributed by atoms with Gasteiger partial charge in [-0.05, 0) is 31.4 Å². The van der Waals surface area contributed by atoms with E-state index in [1.165, 1.54) is 18.2 Å². The number of hydrogen-bond donors (Lipinski definition) is 1. The number of methoxy groups -OCH3 is 1. The third kappa shape index (κ3) is 4.05. The first-order valence-corrected chi connectivity index (χ1v) is 8.29. The van der Waals surface area contributed by atoms with Crippen LogP contribution in [-0.2, 0) is 9.53 Å². The monoisotopic (exact) mass is 356 g/mol. The van der Waals surface area contributed by atoms with Gasteiger partial charge in [-0.2, -0.15) is 0 Å². The topological polar surface area (TPSA) is 58.6 Å². The van der Waals surface area contributed by atoms with Crippen molar-refractivity contribution in [3.8, 4) is 0 Å². The van der Waals surface area contributed by atoms with Crippen molar-refractivity contribution in [2.75, 3.05) is 27.2 Å². The predicted molar refractivity (Wildman–Crippen MR) is 89.6 cm³/mol. The Bertz CT molecular complexity index is 626. The standard InChI is InChI=1S/C17H22ClFN2O3/c1-20-14(22)7-9-17(24-2)8-4-10-21(11-17)16(23)12-5-3-6-13(19)15(12)18/h3,5-6H,4,7-11H2,1-2H3,(H,20,22)/t17-/m1/s1. The molecule has 1 N–H and O–H groups in total. The Morgan fingerprint density at radius 3 is 2.88 bits per heavy atom. The largest absolute Gasteiger partial charge is 0.376 e. The maximum atomic E-state index is 13.6. The third-order valence-electron chi connectivity index (χ3n) is 4.53. The Morgan fingerprint density at radius 2 is 2.21 bits per heavy atom. The van der Waals surface area contributed by atoms with E-state index in [9.17, 15) is 14.0 Å². The lowest BCUT2D eigenvalue weighted by Gasteiger charge is -2.42. The molecule has 1 aliphatic heterocycles. The summed E-state index contributed by atoms with van der Waals surface area (Å²) in [5.74, 6) is -0.999. The lowest BCUT2D eigenvalue weighted by molar-refractivity contribution is -0.123. The Morgan fingerprint density at radius 1 is 1.46 bits per heavy atom. The van der Waals surface area contributed by atoms with Crippen molar-refractivity contribution in [2.45, 2.75) is 31.3 Å². The van der Waals surface area contributed by atoms with Crippen molar-refractivity contribution in [3.05, 3.63) is 34.6 Å². The summed E-state index contributed by atoms with van der Waals surface area (Å²) in [5.41, 5.74) is -0.421. The van der Waals surface area contributed by atoms with Crippen LogP contribution >= 0.6 is 11.6 Å². The fourth-order valence-corrected chi connectivity index (χ4v) is 3.26. The molecule has 132 valence electrons. The molecule has 5 nitrogen and oxygen atoms in total. The predicted octanol–water partition coefficient (Wildman–Crippen LogP) is 2.63. The van der Waals surface area contributed by atoms with Crippen LogP contribution in [0.25, 0.3) is 0 Å². The third-order valence-corrected chi connectivity index (χ3v) is 4.91. The number of rotatable bonds is 5. The summed E-state index contributed by atoms with van der Waals surface area (Å²) in [7, 11) is 3.18. The van der Waals surface area contributed by atoms with Gasteiger partial charge in [0, 0.05) is 33.7 Å². The van der Waals surface area contributed by atoms with Crippen molar-refractivity contribution < 1.29 is 18.7 Å². The van der Waals surface area contributed by atoms with Crippen LogP contribution < -0.4 is 5.32 Å². The summed E-state index contributed by atoms with van der Waals surface area (Å²) in [6, 6.07) is 4.20. The molecule has 2 rings (SSSR count). The molecule has 1 aromatic rings. The number of hydrogen-bond acceptors (Lipinski definition) is 3. The summed E-state index contributed by atoms with van der Waals surface area (Å²) < 4.78 is 19.3. The minimum atomic E-state index is -0.614. The summed E-state index contributed by atoms with van der Waals surface area (Å²) in [5, 5.41) is 2.42. The van der Waals surface area contributed by atoms with Crippen molar-refractivity contribution in [1.29, 1.82) is 0 Å². The van der Waals surface area contributed by atoms with Gasteiger partial charge in [0.2, 0.25) is 5.91 Å². The highest BCUT2D eigenvalue weighted by molar-refractivity contribution is 6.34. The molecular formula is C17H22ClFN2O3. The van der Waals surface area contributed by atoms with E-state index in [2.05, 4.69) is 5.32 Å². The Kier molecular flexibility index (Phi) is 6.18. The zero-order valence-corrected chi connectivity index (χ0v) is 14.7. The van der Waals surface area contributed by atoms with Crippen LogP contribution in [0.4, 0.5) is 4.39 Å². The molecule has 0 aliphatic carbocycles. The van der Waals surface area contributed by atoms with Crippen LogP contribution in [0.1, 0.15) is 36.0 Å². The van der Waals surface area contributed by atoms with E-state index < -0.39 is 11.4 Å².